The van der Waals surface area contributed by atoms with Gasteiger partial charge in [0.05, 0.1) is 6.33 Å². The third kappa shape index (κ3) is 3.83. The van der Waals surface area contributed by atoms with E-state index in [-0.39, 0.29) is 29.7 Å². The minimum absolute atomic E-state index is 0.0815. The molecule has 3 aromatic heterocycles. The summed E-state index contributed by atoms with van der Waals surface area (Å²) in [5, 5.41) is 4.03. The van der Waals surface area contributed by atoms with Gasteiger partial charge in [-0.05, 0) is 36.5 Å². The van der Waals surface area contributed by atoms with E-state index in [0.717, 1.165) is 18.4 Å². The molecule has 5 rings (SSSR count). The number of benzene rings is 1. The minimum Gasteiger partial charge on any atom is -0.406 e. The summed E-state index contributed by atoms with van der Waals surface area (Å²) in [6.07, 6.45) is -0.281. The number of imidazole rings is 1. The van der Waals surface area contributed by atoms with Gasteiger partial charge < -0.3 is 13.8 Å². The van der Waals surface area contributed by atoms with E-state index in [2.05, 4.69) is 24.8 Å². The van der Waals surface area contributed by atoms with Crippen LogP contribution in [0.1, 0.15) is 42.0 Å². The lowest BCUT2D eigenvalue weighted by molar-refractivity contribution is -0.274. The Morgan fingerprint density at radius 2 is 1.84 bits per heavy atom. The van der Waals surface area contributed by atoms with Crippen LogP contribution in [0.25, 0.3) is 11.2 Å². The molecule has 4 aromatic rings. The van der Waals surface area contributed by atoms with Crippen LogP contribution in [0.4, 0.5) is 13.2 Å². The molecule has 0 atom stereocenters. The van der Waals surface area contributed by atoms with Crippen molar-refractivity contribution in [3.63, 3.8) is 0 Å². The molecule has 1 aliphatic rings. The zero-order valence-electron chi connectivity index (χ0n) is 16.8. The Hall–Kier alpha value is -3.70. The number of aryl methyl sites for hydroxylation is 1. The molecule has 0 radical (unpaired) electrons. The number of rotatable bonds is 5. The number of fused-ring (bicyclic) bond motifs is 1. The van der Waals surface area contributed by atoms with Crippen LogP contribution >= 0.6 is 0 Å². The standard InChI is InChI=1S/C20H17F3N6O3/c1-28-9-24-18-16(28)19(30)29(10-25-18)8-15-26-17(27-32-15)13-6-12(7-13)11-2-4-14(5-3-11)31-20(21,22)23/h2-5,9-10,12-13H,6-8H2,1H3. The van der Waals surface area contributed by atoms with Crippen molar-refractivity contribution < 1.29 is 22.4 Å². The van der Waals surface area contributed by atoms with Gasteiger partial charge in [-0.2, -0.15) is 4.98 Å². The zero-order chi connectivity index (χ0) is 22.5. The van der Waals surface area contributed by atoms with Gasteiger partial charge in [-0.3, -0.25) is 9.36 Å². The first-order chi connectivity index (χ1) is 15.3. The maximum absolute atomic E-state index is 12.6. The first kappa shape index (κ1) is 20.2. The van der Waals surface area contributed by atoms with Gasteiger partial charge in [-0.1, -0.05) is 17.3 Å². The molecule has 0 saturated heterocycles. The summed E-state index contributed by atoms with van der Waals surface area (Å²) in [6.45, 7) is 0.0940. The van der Waals surface area contributed by atoms with Crippen molar-refractivity contribution in [2.45, 2.75) is 37.6 Å². The molecular formula is C20H17F3N6O3. The number of ether oxygens (including phenoxy) is 1. The highest BCUT2D eigenvalue weighted by molar-refractivity contribution is 5.68. The average molecular weight is 446 g/mol. The molecule has 0 N–H and O–H groups in total. The Bertz CT molecular complexity index is 1320. The molecule has 0 unspecified atom stereocenters. The fourth-order valence-electron chi connectivity index (χ4n) is 3.87. The molecule has 3 heterocycles. The summed E-state index contributed by atoms with van der Waals surface area (Å²) in [5.74, 6) is 0.881. The van der Waals surface area contributed by atoms with E-state index >= 15 is 0 Å². The second-order valence-corrected chi connectivity index (χ2v) is 7.73. The van der Waals surface area contributed by atoms with Crippen molar-refractivity contribution in [2.75, 3.05) is 0 Å². The van der Waals surface area contributed by atoms with E-state index in [1.54, 1.807) is 23.7 Å². The lowest BCUT2D eigenvalue weighted by atomic mass is 9.71. The van der Waals surface area contributed by atoms with Crippen molar-refractivity contribution >= 4 is 11.2 Å². The van der Waals surface area contributed by atoms with E-state index in [9.17, 15) is 18.0 Å². The highest BCUT2D eigenvalue weighted by Crippen LogP contribution is 2.46. The quantitative estimate of drug-likeness (QED) is 0.464. The van der Waals surface area contributed by atoms with Crippen LogP contribution in [-0.2, 0) is 13.6 Å². The molecule has 1 saturated carbocycles. The number of halogens is 3. The number of hydrogen-bond donors (Lipinski definition) is 0. The molecule has 0 spiro atoms. The first-order valence-corrected chi connectivity index (χ1v) is 9.81. The van der Waals surface area contributed by atoms with Crippen molar-refractivity contribution in [3.8, 4) is 5.75 Å². The second kappa shape index (κ2) is 7.46. The van der Waals surface area contributed by atoms with Crippen LogP contribution < -0.4 is 10.3 Å². The summed E-state index contributed by atoms with van der Waals surface area (Å²) < 4.78 is 49.0. The molecule has 0 amide bonds. The Labute approximate surface area is 178 Å². The predicted octanol–water partition coefficient (Wildman–Crippen LogP) is 3.12. The molecule has 1 aromatic carbocycles. The summed E-state index contributed by atoms with van der Waals surface area (Å²) in [4.78, 5) is 25.3. The van der Waals surface area contributed by atoms with E-state index < -0.39 is 6.36 Å². The first-order valence-electron chi connectivity index (χ1n) is 9.81. The Morgan fingerprint density at radius 1 is 1.12 bits per heavy atom. The van der Waals surface area contributed by atoms with Gasteiger partial charge in [0.2, 0.25) is 5.89 Å². The summed E-state index contributed by atoms with van der Waals surface area (Å²) in [6, 6.07) is 5.90. The summed E-state index contributed by atoms with van der Waals surface area (Å²) in [7, 11) is 1.72. The van der Waals surface area contributed by atoms with Crippen molar-refractivity contribution in [1.29, 1.82) is 0 Å². The minimum atomic E-state index is -4.70. The molecule has 166 valence electrons. The summed E-state index contributed by atoms with van der Waals surface area (Å²) >= 11 is 0. The van der Waals surface area contributed by atoms with Gasteiger partial charge in [0, 0.05) is 13.0 Å². The topological polar surface area (TPSA) is 101 Å². The third-order valence-electron chi connectivity index (χ3n) is 5.58. The van der Waals surface area contributed by atoms with Crippen LogP contribution in [0.15, 0.2) is 46.2 Å². The van der Waals surface area contributed by atoms with Crippen LogP contribution in [-0.4, -0.2) is 35.6 Å². The number of alkyl halides is 3. The Balaban J connectivity index is 1.23. The monoisotopic (exact) mass is 446 g/mol. The van der Waals surface area contributed by atoms with Gasteiger partial charge in [-0.25, -0.2) is 9.97 Å². The molecule has 0 bridgehead atoms. The lowest BCUT2D eigenvalue weighted by Gasteiger charge is -2.33. The van der Waals surface area contributed by atoms with E-state index in [0.29, 0.717) is 22.9 Å². The fourth-order valence-corrected chi connectivity index (χ4v) is 3.87. The van der Waals surface area contributed by atoms with Crippen molar-refractivity contribution in [2.24, 2.45) is 7.05 Å². The molecular weight excluding hydrogens is 429 g/mol. The number of hydrogen-bond acceptors (Lipinski definition) is 7. The van der Waals surface area contributed by atoms with Crippen LogP contribution in [0.2, 0.25) is 0 Å². The molecule has 12 heteroatoms. The van der Waals surface area contributed by atoms with Crippen LogP contribution in [0, 0.1) is 0 Å². The fraction of sp³-hybridized carbons (Fsp3) is 0.350. The molecule has 9 nitrogen and oxygen atoms in total. The van der Waals surface area contributed by atoms with Crippen LogP contribution in [0.3, 0.4) is 0 Å². The van der Waals surface area contributed by atoms with Gasteiger partial charge in [0.25, 0.3) is 5.56 Å². The molecule has 1 fully saturated rings. The number of nitrogens with zero attached hydrogens (tertiary/aromatic N) is 6. The van der Waals surface area contributed by atoms with Gasteiger partial charge >= 0.3 is 6.36 Å². The SMILES string of the molecule is Cn1cnc2ncn(Cc3nc(C4CC(c5ccc(OC(F)(F)F)cc5)C4)no3)c(=O)c21. The van der Waals surface area contributed by atoms with Gasteiger partial charge in [0.15, 0.2) is 17.0 Å². The molecule has 32 heavy (non-hydrogen) atoms. The Kier molecular flexibility index (Phi) is 4.72. The van der Waals surface area contributed by atoms with E-state index in [1.807, 2.05) is 0 Å². The van der Waals surface area contributed by atoms with Gasteiger partial charge in [0.1, 0.15) is 18.6 Å². The predicted molar refractivity (Wildman–Crippen MR) is 104 cm³/mol. The van der Waals surface area contributed by atoms with Gasteiger partial charge in [-0.15, -0.1) is 13.2 Å². The number of aromatic nitrogens is 6. The maximum atomic E-state index is 12.6. The summed E-state index contributed by atoms with van der Waals surface area (Å²) in [5.41, 5.74) is 1.44. The third-order valence-corrected chi connectivity index (χ3v) is 5.58. The zero-order valence-corrected chi connectivity index (χ0v) is 16.8. The molecule has 0 aliphatic heterocycles. The lowest BCUT2D eigenvalue weighted by Crippen LogP contribution is -2.23. The second-order valence-electron chi connectivity index (χ2n) is 7.73. The Morgan fingerprint density at radius 3 is 2.56 bits per heavy atom. The highest BCUT2D eigenvalue weighted by atomic mass is 19.4. The largest absolute Gasteiger partial charge is 0.573 e. The van der Waals surface area contributed by atoms with Crippen molar-refractivity contribution in [1.82, 2.24) is 29.2 Å². The molecule has 1 aliphatic carbocycles. The van der Waals surface area contributed by atoms with Crippen LogP contribution in [0.5, 0.6) is 5.75 Å². The smallest absolute Gasteiger partial charge is 0.406 e. The van der Waals surface area contributed by atoms with E-state index in [1.165, 1.54) is 29.4 Å². The average Bonchev–Trinajstić information content (AvgIpc) is 3.30. The maximum Gasteiger partial charge on any atom is 0.573 e. The highest BCUT2D eigenvalue weighted by Gasteiger charge is 2.35. The van der Waals surface area contributed by atoms with Crippen molar-refractivity contribution in [3.05, 3.63) is 64.6 Å². The normalized spacial score (nSPS) is 18.6. The van der Waals surface area contributed by atoms with E-state index in [4.69, 9.17) is 4.52 Å².